The number of aliphatic hydroxyl groups excluding tert-OH is 5. The van der Waals surface area contributed by atoms with Crippen molar-refractivity contribution in [3.05, 3.63) is 11.6 Å². The van der Waals surface area contributed by atoms with E-state index in [0.29, 0.717) is 38.5 Å². The van der Waals surface area contributed by atoms with E-state index in [1.807, 2.05) is 19.9 Å². The number of aliphatic hydroxyl groups is 5. The quantitative estimate of drug-likeness (QED) is 0.0946. The molecule has 18 nitrogen and oxygen atoms in total. The van der Waals surface area contributed by atoms with Crippen molar-refractivity contribution in [2.75, 3.05) is 0 Å². The Labute approximate surface area is 399 Å². The van der Waals surface area contributed by atoms with Gasteiger partial charge in [-0.15, -0.1) is 0 Å². The first-order chi connectivity index (χ1) is 26.8. The van der Waals surface area contributed by atoms with Crippen LogP contribution in [0.2, 0.25) is 0 Å². The minimum atomic E-state index is -2.16. The maximum Gasteiger partial charge on any atom is 1.00 e. The van der Waals surface area contributed by atoms with Crippen LogP contribution in [0.5, 0.6) is 0 Å². The number of carboxylic acids is 3. The zero-order valence-corrected chi connectivity index (χ0v) is 40.4. The van der Waals surface area contributed by atoms with Gasteiger partial charge in [0.05, 0.1) is 18.0 Å². The Bertz CT molecular complexity index is 1750. The molecule has 7 aliphatic rings. The molecule has 342 valence electrons. The molecule has 4 saturated carbocycles. The number of carbonyl (C=O) groups excluding carboxylic acids is 4. The molecule has 19 atom stereocenters. The minimum absolute atomic E-state index is 0. The van der Waals surface area contributed by atoms with Crippen LogP contribution in [-0.4, -0.2) is 117 Å². The topological polar surface area (TPSA) is 349 Å². The second-order valence-corrected chi connectivity index (χ2v) is 20.6. The predicted molar refractivity (Wildman–Crippen MR) is 204 cm³/mol. The number of aliphatic carboxylic acids is 3. The van der Waals surface area contributed by atoms with Crippen LogP contribution in [0.4, 0.5) is 0 Å². The molecular formula is C42H67KN2O16. The monoisotopic (exact) mass is 894 g/mol. The van der Waals surface area contributed by atoms with E-state index in [2.05, 4.69) is 27.7 Å². The van der Waals surface area contributed by atoms with Crippen molar-refractivity contribution in [1.82, 2.24) is 12.3 Å². The summed E-state index contributed by atoms with van der Waals surface area (Å²) in [4.78, 5) is 50.9. The molecule has 0 aromatic rings. The Morgan fingerprint density at radius 1 is 0.705 bits per heavy atom. The molecule has 2 heterocycles. The molecular weight excluding hydrogens is 828 g/mol. The van der Waals surface area contributed by atoms with Crippen LogP contribution in [0.15, 0.2) is 11.6 Å². The molecule has 0 aromatic heterocycles. The average molecular weight is 895 g/mol. The maximum atomic E-state index is 14.8. The molecule has 0 bridgehead atoms. The fourth-order valence-corrected chi connectivity index (χ4v) is 13.3. The molecule has 2 aliphatic heterocycles. The molecule has 0 amide bonds. The molecule has 0 unspecified atom stereocenters. The Morgan fingerprint density at radius 2 is 1.26 bits per heavy atom. The zero-order chi connectivity index (χ0) is 42.9. The van der Waals surface area contributed by atoms with E-state index in [1.54, 1.807) is 6.92 Å². The van der Waals surface area contributed by atoms with Crippen LogP contribution in [0.3, 0.4) is 0 Å². The van der Waals surface area contributed by atoms with Gasteiger partial charge in [-0.2, -0.15) is 0 Å². The molecule has 5 aliphatic carbocycles. The third-order valence-corrected chi connectivity index (χ3v) is 17.2. The van der Waals surface area contributed by atoms with Crippen molar-refractivity contribution in [2.24, 2.45) is 50.2 Å². The Balaban J connectivity index is 0.00000273. The summed E-state index contributed by atoms with van der Waals surface area (Å²) >= 11 is 0. The third-order valence-electron chi connectivity index (χ3n) is 17.2. The van der Waals surface area contributed by atoms with Crippen molar-refractivity contribution in [1.29, 1.82) is 0 Å². The molecule has 19 heteroatoms. The van der Waals surface area contributed by atoms with Gasteiger partial charge in [-0.3, -0.25) is 4.79 Å². The van der Waals surface area contributed by atoms with Gasteiger partial charge in [-0.1, -0.05) is 54.0 Å². The van der Waals surface area contributed by atoms with Crippen molar-refractivity contribution in [2.45, 2.75) is 174 Å². The van der Waals surface area contributed by atoms with Crippen LogP contribution < -0.4 is 79.0 Å². The van der Waals surface area contributed by atoms with Gasteiger partial charge in [0.25, 0.3) is 0 Å². The van der Waals surface area contributed by atoms with Gasteiger partial charge in [0.15, 0.2) is 18.4 Å². The summed E-state index contributed by atoms with van der Waals surface area (Å²) in [6.45, 7) is 14.6. The van der Waals surface area contributed by atoms with Gasteiger partial charge in [-0.05, 0) is 103 Å². The molecule has 6 fully saturated rings. The standard InChI is InChI=1S/C42H62O16.K.2H3N/c1-37(2)21-8-11-42(7)31(20(43)16-18-19-17-39(4,36(53)54)13-12-38(19,3)14-15-41(18,42)6)40(21,5)10-9-22(37)55-35-30(26(47)25(46)29(57-35)33(51)52)58-34-27(48)23(44)24(45)28(56-34)32(49)50;;;/h16,19,21-31,34-35,44-48H,8-15,17H2,1-7H3,(H,49,50)(H,51,52)(H,53,54);;2*1H3/q;+1;;/p-1/t19-,21-,22-,23-,24-,25-,26-,27+,28-,29-,30+,31+,34-,35-,38+,39-,40-,41+,42+;;;/m0.../s1. The number of carbonyl (C=O) groups is 4. The van der Waals surface area contributed by atoms with Crippen LogP contribution in [0, 0.1) is 50.2 Å². The number of rotatable bonds is 7. The van der Waals surface area contributed by atoms with Crippen molar-refractivity contribution < 1.29 is 130 Å². The summed E-state index contributed by atoms with van der Waals surface area (Å²) in [5.74, 6) is -5.37. The predicted octanol–water partition coefficient (Wildman–Crippen LogP) is -4.00. The Hall–Kier alpha value is -0.984. The summed E-state index contributed by atoms with van der Waals surface area (Å²) in [5, 5.41) is 89.2. The van der Waals surface area contributed by atoms with E-state index < -0.39 is 107 Å². The van der Waals surface area contributed by atoms with Crippen LogP contribution >= 0.6 is 0 Å². The van der Waals surface area contributed by atoms with Gasteiger partial charge < -0.3 is 86.5 Å². The van der Waals surface area contributed by atoms with E-state index in [0.717, 1.165) is 24.8 Å². The first kappa shape index (κ1) is 52.6. The van der Waals surface area contributed by atoms with Gasteiger partial charge in [-0.25, -0.2) is 0 Å². The summed E-state index contributed by atoms with van der Waals surface area (Å²) in [5.41, 5.74) is -2.11. The molecule has 0 aromatic carbocycles. The fourth-order valence-electron chi connectivity index (χ4n) is 13.3. The van der Waals surface area contributed by atoms with E-state index >= 15 is 0 Å². The molecule has 7 rings (SSSR count). The van der Waals surface area contributed by atoms with E-state index in [-0.39, 0.29) is 98.1 Å². The van der Waals surface area contributed by atoms with Gasteiger partial charge >= 0.3 is 51.4 Å². The summed E-state index contributed by atoms with van der Waals surface area (Å²) < 4.78 is 23.1. The molecule has 0 spiro atoms. The molecule has 2 saturated heterocycles. The van der Waals surface area contributed by atoms with Crippen LogP contribution in [0.1, 0.15) is 106 Å². The van der Waals surface area contributed by atoms with Crippen LogP contribution in [-0.2, 0) is 38.1 Å². The van der Waals surface area contributed by atoms with Gasteiger partial charge in [0, 0.05) is 17.3 Å². The van der Waals surface area contributed by atoms with E-state index in [1.165, 1.54) is 0 Å². The smallest absolute Gasteiger partial charge is 0.550 e. The molecule has 61 heavy (non-hydrogen) atoms. The SMILES string of the molecule is CC1(C)[C@@H](O[C@H]2O[C@H](C(=O)[O-])[C@@H](O)[C@H](O)[C@H]2O[C@@H]2O[C@H](C(=O)[O-])[C@@H](O)[C@H](O)[C@H]2O)CC[C@]2(C)[C@H]3C(=O)C=C4[C@@H]5C[C@@](C)(C(=O)[O-])CC[C@]5(C)CC[C@@]4(C)[C@]3(C)CC[C@@H]12.[K+].[NH4+].[NH4+]. The fraction of sp³-hybridized carbons (Fsp3) is 0.857. The molecule has 0 radical (unpaired) electrons. The van der Waals surface area contributed by atoms with Gasteiger partial charge in [0.1, 0.15) is 48.8 Å². The zero-order valence-electron chi connectivity index (χ0n) is 37.3. The van der Waals surface area contributed by atoms with Crippen molar-refractivity contribution >= 4 is 23.7 Å². The first-order valence-electron chi connectivity index (χ1n) is 20.7. The number of ether oxygens (including phenoxy) is 4. The number of fused-ring (bicyclic) bond motifs is 7. The number of quaternary nitrogens is 2. The number of hydrogen-bond acceptors (Lipinski definition) is 16. The minimum Gasteiger partial charge on any atom is -0.550 e. The normalized spacial score (nSPS) is 50.0. The number of carboxylic acid groups (broad SMARTS) is 3. The van der Waals surface area contributed by atoms with Crippen LogP contribution in [0.25, 0.3) is 0 Å². The Kier molecular flexibility index (Phi) is 15.3. The van der Waals surface area contributed by atoms with Crippen molar-refractivity contribution in [3.63, 3.8) is 0 Å². The first-order valence-corrected chi connectivity index (χ1v) is 20.7. The van der Waals surface area contributed by atoms with Gasteiger partial charge in [0.2, 0.25) is 0 Å². The van der Waals surface area contributed by atoms with E-state index in [4.69, 9.17) is 18.9 Å². The van der Waals surface area contributed by atoms with Crippen molar-refractivity contribution in [3.8, 4) is 0 Å². The second kappa shape index (κ2) is 17.7. The number of allylic oxidation sites excluding steroid dienone is 2. The second-order valence-electron chi connectivity index (χ2n) is 20.6. The maximum absolute atomic E-state index is 14.8. The molecule has 13 N–H and O–H groups in total. The average Bonchev–Trinajstić information content (AvgIpc) is 3.13. The third kappa shape index (κ3) is 7.98. The summed E-state index contributed by atoms with van der Waals surface area (Å²) in [7, 11) is 0. The Morgan fingerprint density at radius 3 is 1.84 bits per heavy atom. The number of hydrogen-bond donors (Lipinski definition) is 7. The summed E-state index contributed by atoms with van der Waals surface area (Å²) in [6.07, 6.45) is -13.4. The van der Waals surface area contributed by atoms with E-state index in [9.17, 15) is 60.0 Å². The number of ketones is 1. The summed E-state index contributed by atoms with van der Waals surface area (Å²) in [6, 6.07) is 0. The largest absolute Gasteiger partial charge is 1.00 e.